The molecule has 25 heavy (non-hydrogen) atoms. The number of aromatic nitrogens is 4. The molecule has 2 aromatic carbocycles. The third-order valence-corrected chi connectivity index (χ3v) is 3.39. The second-order valence-corrected chi connectivity index (χ2v) is 4.90. The van der Waals surface area contributed by atoms with Crippen LogP contribution in [0, 0.1) is 21.4 Å². The molecule has 1 heterocycles. The number of hydrogen-bond acceptors (Lipinski definition) is 7. The number of allylic oxidation sites excluding steroid dienone is 1. The number of anilines is 1. The molecule has 122 valence electrons. The first-order valence-electron chi connectivity index (χ1n) is 7.13. The summed E-state index contributed by atoms with van der Waals surface area (Å²) in [5.74, 6) is 0.187. The van der Waals surface area contributed by atoms with Gasteiger partial charge in [-0.05, 0) is 29.0 Å². The average molecular weight is 333 g/mol. The van der Waals surface area contributed by atoms with Crippen LogP contribution >= 0.6 is 0 Å². The van der Waals surface area contributed by atoms with Crippen molar-refractivity contribution < 1.29 is 4.92 Å². The first-order chi connectivity index (χ1) is 12.2. The number of tetrazole rings is 1. The molecule has 3 aromatic rings. The number of nitro benzene ring substituents is 1. The van der Waals surface area contributed by atoms with Crippen molar-refractivity contribution in [2.45, 2.75) is 0 Å². The van der Waals surface area contributed by atoms with Gasteiger partial charge in [-0.25, -0.2) is 0 Å². The summed E-state index contributed by atoms with van der Waals surface area (Å²) in [6.45, 7) is 0. The molecular formula is C16H11N7O2. The second-order valence-electron chi connectivity index (χ2n) is 4.90. The Hall–Kier alpha value is -4.06. The molecule has 1 aromatic heterocycles. The van der Waals surface area contributed by atoms with Gasteiger partial charge in [-0.1, -0.05) is 24.3 Å². The van der Waals surface area contributed by atoms with Crippen LogP contribution in [-0.4, -0.2) is 25.5 Å². The summed E-state index contributed by atoms with van der Waals surface area (Å²) < 4.78 is 0. The highest BCUT2D eigenvalue weighted by Crippen LogP contribution is 2.30. The van der Waals surface area contributed by atoms with E-state index in [1.54, 1.807) is 42.5 Å². The van der Waals surface area contributed by atoms with Crippen LogP contribution in [0.1, 0.15) is 5.82 Å². The topological polar surface area (TPSA) is 133 Å². The van der Waals surface area contributed by atoms with Crippen molar-refractivity contribution >= 4 is 16.9 Å². The SMILES string of the molecule is N#CC(=CNc1ccc(-c2ccccc2[N+](=O)[O-])cc1)c1nn[nH]n1. The van der Waals surface area contributed by atoms with Crippen molar-refractivity contribution in [3.63, 3.8) is 0 Å². The van der Waals surface area contributed by atoms with Crippen molar-refractivity contribution in [1.29, 1.82) is 5.26 Å². The van der Waals surface area contributed by atoms with Crippen LogP contribution in [0.4, 0.5) is 11.4 Å². The minimum absolute atomic E-state index is 0.0481. The Balaban J connectivity index is 1.82. The molecule has 0 atom stereocenters. The Labute approximate surface area is 141 Å². The van der Waals surface area contributed by atoms with E-state index in [2.05, 4.69) is 25.9 Å². The van der Waals surface area contributed by atoms with Crippen LogP contribution in [-0.2, 0) is 0 Å². The van der Waals surface area contributed by atoms with Gasteiger partial charge in [-0.3, -0.25) is 10.1 Å². The van der Waals surface area contributed by atoms with Crippen LogP contribution in [0.2, 0.25) is 0 Å². The number of H-pyrrole nitrogens is 1. The molecule has 0 spiro atoms. The van der Waals surface area contributed by atoms with Gasteiger partial charge in [0.15, 0.2) is 0 Å². The van der Waals surface area contributed by atoms with Crippen LogP contribution < -0.4 is 5.32 Å². The maximum Gasteiger partial charge on any atom is 0.277 e. The highest BCUT2D eigenvalue weighted by molar-refractivity contribution is 5.76. The Morgan fingerprint density at radius 1 is 1.24 bits per heavy atom. The van der Waals surface area contributed by atoms with Crippen molar-refractivity contribution in [2.24, 2.45) is 0 Å². The normalized spacial score (nSPS) is 10.9. The molecule has 0 amide bonds. The number of nitrogens with one attached hydrogen (secondary N) is 2. The molecule has 9 heteroatoms. The Kier molecular flexibility index (Phi) is 4.44. The van der Waals surface area contributed by atoms with E-state index in [4.69, 9.17) is 5.26 Å². The van der Waals surface area contributed by atoms with E-state index >= 15 is 0 Å². The molecule has 0 radical (unpaired) electrons. The number of rotatable bonds is 5. The number of nitrogens with zero attached hydrogens (tertiary/aromatic N) is 5. The van der Waals surface area contributed by atoms with Gasteiger partial charge in [0.05, 0.1) is 10.5 Å². The van der Waals surface area contributed by atoms with E-state index in [0.717, 1.165) is 5.56 Å². The van der Waals surface area contributed by atoms with Gasteiger partial charge in [0.2, 0.25) is 5.82 Å². The van der Waals surface area contributed by atoms with Crippen LogP contribution in [0.3, 0.4) is 0 Å². The van der Waals surface area contributed by atoms with Gasteiger partial charge in [0, 0.05) is 18.0 Å². The highest BCUT2D eigenvalue weighted by atomic mass is 16.6. The zero-order valence-corrected chi connectivity index (χ0v) is 12.7. The van der Waals surface area contributed by atoms with Gasteiger partial charge in [0.1, 0.15) is 11.6 Å². The van der Waals surface area contributed by atoms with Crippen LogP contribution in [0.5, 0.6) is 0 Å². The molecule has 0 fully saturated rings. The maximum atomic E-state index is 11.1. The van der Waals surface area contributed by atoms with Crippen molar-refractivity contribution in [1.82, 2.24) is 20.6 Å². The first-order valence-corrected chi connectivity index (χ1v) is 7.13. The third kappa shape index (κ3) is 3.48. The Morgan fingerprint density at radius 3 is 2.64 bits per heavy atom. The molecular weight excluding hydrogens is 322 g/mol. The van der Waals surface area contributed by atoms with E-state index in [0.29, 0.717) is 11.3 Å². The fraction of sp³-hybridized carbons (Fsp3) is 0. The number of aromatic amines is 1. The lowest BCUT2D eigenvalue weighted by Crippen LogP contribution is -1.94. The summed E-state index contributed by atoms with van der Waals surface area (Å²) >= 11 is 0. The summed E-state index contributed by atoms with van der Waals surface area (Å²) in [6.07, 6.45) is 1.46. The zero-order chi connectivity index (χ0) is 17.6. The second kappa shape index (κ2) is 7.01. The van der Waals surface area contributed by atoms with Crippen molar-refractivity contribution in [2.75, 3.05) is 5.32 Å². The molecule has 0 bridgehead atoms. The van der Waals surface area contributed by atoms with Gasteiger partial charge >= 0.3 is 0 Å². The molecule has 0 aliphatic rings. The first kappa shape index (κ1) is 15.8. The van der Waals surface area contributed by atoms with Crippen LogP contribution in [0.15, 0.2) is 54.7 Å². The number of para-hydroxylation sites is 1. The van der Waals surface area contributed by atoms with E-state index in [-0.39, 0.29) is 17.1 Å². The number of hydrogen-bond donors (Lipinski definition) is 2. The molecule has 0 saturated heterocycles. The number of benzene rings is 2. The lowest BCUT2D eigenvalue weighted by atomic mass is 10.0. The Morgan fingerprint density at radius 2 is 2.00 bits per heavy atom. The minimum Gasteiger partial charge on any atom is -0.360 e. The summed E-state index contributed by atoms with van der Waals surface area (Å²) in [5.41, 5.74) is 2.24. The zero-order valence-electron chi connectivity index (χ0n) is 12.7. The Bertz CT molecular complexity index is 957. The smallest absolute Gasteiger partial charge is 0.277 e. The summed E-state index contributed by atoms with van der Waals surface area (Å²) in [6, 6.07) is 15.6. The molecule has 0 aliphatic carbocycles. The van der Waals surface area contributed by atoms with Gasteiger partial charge in [-0.2, -0.15) is 10.5 Å². The van der Waals surface area contributed by atoms with Crippen molar-refractivity contribution in [3.8, 4) is 17.2 Å². The predicted octanol–water partition coefficient (Wildman–Crippen LogP) is 2.75. The summed E-state index contributed by atoms with van der Waals surface area (Å²) in [4.78, 5) is 10.7. The molecule has 9 nitrogen and oxygen atoms in total. The van der Waals surface area contributed by atoms with Gasteiger partial charge in [0.25, 0.3) is 5.69 Å². The lowest BCUT2D eigenvalue weighted by molar-refractivity contribution is -0.384. The largest absolute Gasteiger partial charge is 0.360 e. The highest BCUT2D eigenvalue weighted by Gasteiger charge is 2.13. The van der Waals surface area contributed by atoms with Crippen LogP contribution in [0.25, 0.3) is 16.7 Å². The minimum atomic E-state index is -0.408. The van der Waals surface area contributed by atoms with Gasteiger partial charge in [-0.15, -0.1) is 10.2 Å². The molecule has 3 rings (SSSR count). The molecule has 0 saturated carbocycles. The van der Waals surface area contributed by atoms with E-state index in [9.17, 15) is 10.1 Å². The van der Waals surface area contributed by atoms with Crippen molar-refractivity contribution in [3.05, 3.63) is 70.7 Å². The number of nitro groups is 1. The molecule has 2 N–H and O–H groups in total. The monoisotopic (exact) mass is 333 g/mol. The fourth-order valence-corrected chi connectivity index (χ4v) is 2.20. The summed E-state index contributed by atoms with van der Waals surface area (Å²) in [7, 11) is 0. The lowest BCUT2D eigenvalue weighted by Gasteiger charge is -2.05. The molecule has 0 aliphatic heterocycles. The summed E-state index contributed by atoms with van der Waals surface area (Å²) in [5, 5.41) is 36.3. The standard InChI is InChI=1S/C16H11N7O2/c17-9-12(16-19-21-22-20-16)10-18-13-7-5-11(6-8-13)14-3-1-2-4-15(14)23(24)25/h1-8,10,18H,(H,19,20,21,22). The average Bonchev–Trinajstić information content (AvgIpc) is 3.17. The third-order valence-electron chi connectivity index (χ3n) is 3.39. The van der Waals surface area contributed by atoms with E-state index in [1.807, 2.05) is 6.07 Å². The van der Waals surface area contributed by atoms with E-state index in [1.165, 1.54) is 12.3 Å². The number of nitriles is 1. The van der Waals surface area contributed by atoms with Gasteiger partial charge < -0.3 is 5.32 Å². The molecule has 0 unspecified atom stereocenters. The quantitative estimate of drug-likeness (QED) is 0.416. The maximum absolute atomic E-state index is 11.1. The fourth-order valence-electron chi connectivity index (χ4n) is 2.20. The predicted molar refractivity (Wildman–Crippen MR) is 89.9 cm³/mol. The van der Waals surface area contributed by atoms with E-state index < -0.39 is 4.92 Å².